The van der Waals surface area contributed by atoms with Crippen molar-refractivity contribution in [3.8, 4) is 0 Å². The molecule has 0 saturated heterocycles. The third kappa shape index (κ3) is 2.03. The third-order valence-electron chi connectivity index (χ3n) is 2.99. The van der Waals surface area contributed by atoms with Gasteiger partial charge in [0.25, 0.3) is 0 Å². The lowest BCUT2D eigenvalue weighted by Crippen LogP contribution is -2.21. The number of rotatable bonds is 3. The van der Waals surface area contributed by atoms with Gasteiger partial charge in [0.05, 0.1) is 17.6 Å². The fourth-order valence-corrected chi connectivity index (χ4v) is 1.57. The van der Waals surface area contributed by atoms with Crippen LogP contribution in [0.1, 0.15) is 30.7 Å². The van der Waals surface area contributed by atoms with Crippen LogP contribution >= 0.6 is 0 Å². The summed E-state index contributed by atoms with van der Waals surface area (Å²) in [5.74, 6) is 1.78. The largest absolute Gasteiger partial charge is 0.369 e. The lowest BCUT2D eigenvalue weighted by atomic mass is 9.85. The molecule has 1 N–H and O–H groups in total. The third-order valence-corrected chi connectivity index (χ3v) is 2.99. The topological polar surface area (TPSA) is 37.8 Å². The van der Waals surface area contributed by atoms with Crippen molar-refractivity contribution in [3.05, 3.63) is 17.6 Å². The lowest BCUT2D eigenvalue weighted by molar-refractivity contribution is 0.333. The van der Waals surface area contributed by atoms with Gasteiger partial charge in [0, 0.05) is 6.54 Å². The predicted octanol–water partition coefficient (Wildman–Crippen LogP) is 2.31. The van der Waals surface area contributed by atoms with Gasteiger partial charge < -0.3 is 5.32 Å². The monoisotopic (exact) mass is 191 g/mol. The molecule has 76 valence electrons. The molecular weight excluding hydrogens is 174 g/mol. The van der Waals surface area contributed by atoms with Gasteiger partial charge in [0.2, 0.25) is 0 Å². The summed E-state index contributed by atoms with van der Waals surface area (Å²) in [7, 11) is 0. The molecule has 0 bridgehead atoms. The van der Waals surface area contributed by atoms with Crippen LogP contribution in [0.3, 0.4) is 0 Å². The minimum absolute atomic E-state index is 0.860. The number of anilines is 1. The zero-order valence-electron chi connectivity index (χ0n) is 8.88. The molecule has 2 rings (SSSR count). The normalized spacial score (nSPS) is 16.4. The first-order chi connectivity index (χ1) is 6.75. The number of aryl methyl sites for hydroxylation is 2. The van der Waals surface area contributed by atoms with E-state index in [0.29, 0.717) is 0 Å². The highest BCUT2D eigenvalue weighted by Crippen LogP contribution is 2.26. The zero-order valence-corrected chi connectivity index (χ0v) is 8.88. The van der Waals surface area contributed by atoms with Gasteiger partial charge in [-0.05, 0) is 32.6 Å². The molecule has 1 aliphatic carbocycles. The van der Waals surface area contributed by atoms with Gasteiger partial charge in [-0.2, -0.15) is 0 Å². The van der Waals surface area contributed by atoms with Gasteiger partial charge in [0.15, 0.2) is 0 Å². The Morgan fingerprint density at radius 3 is 2.71 bits per heavy atom. The maximum Gasteiger partial charge on any atom is 0.144 e. The van der Waals surface area contributed by atoms with Crippen LogP contribution in [0.4, 0.5) is 5.82 Å². The molecule has 0 spiro atoms. The van der Waals surface area contributed by atoms with E-state index in [4.69, 9.17) is 0 Å². The van der Waals surface area contributed by atoms with Crippen LogP contribution < -0.4 is 5.32 Å². The standard InChI is InChI=1S/C11H17N3/c1-8-9(2)14-11(7-12-8)13-6-10-4-3-5-10/h7,10H,3-6H2,1-2H3,(H,13,14). The zero-order chi connectivity index (χ0) is 9.97. The van der Waals surface area contributed by atoms with Crippen molar-refractivity contribution in [2.75, 3.05) is 11.9 Å². The summed E-state index contributed by atoms with van der Waals surface area (Å²) in [4.78, 5) is 8.70. The van der Waals surface area contributed by atoms with Gasteiger partial charge in [-0.3, -0.25) is 4.98 Å². The first-order valence-electron chi connectivity index (χ1n) is 5.30. The molecule has 1 aromatic heterocycles. The number of hydrogen-bond acceptors (Lipinski definition) is 3. The molecule has 0 unspecified atom stereocenters. The Kier molecular flexibility index (Phi) is 2.66. The smallest absolute Gasteiger partial charge is 0.144 e. The van der Waals surface area contributed by atoms with Crippen molar-refractivity contribution in [2.45, 2.75) is 33.1 Å². The molecule has 14 heavy (non-hydrogen) atoms. The average Bonchev–Trinajstić information content (AvgIpc) is 2.08. The van der Waals surface area contributed by atoms with Crippen molar-refractivity contribution < 1.29 is 0 Å². The highest BCUT2D eigenvalue weighted by Gasteiger charge is 2.16. The van der Waals surface area contributed by atoms with Gasteiger partial charge in [0.1, 0.15) is 5.82 Å². The van der Waals surface area contributed by atoms with Crippen LogP contribution in [-0.2, 0) is 0 Å². The second-order valence-corrected chi connectivity index (χ2v) is 4.10. The number of hydrogen-bond donors (Lipinski definition) is 1. The molecular formula is C11H17N3. The van der Waals surface area contributed by atoms with Crippen molar-refractivity contribution in [1.29, 1.82) is 0 Å². The Morgan fingerprint density at radius 2 is 2.14 bits per heavy atom. The van der Waals surface area contributed by atoms with Crippen LogP contribution in [0.5, 0.6) is 0 Å². The number of nitrogens with zero attached hydrogens (tertiary/aromatic N) is 2. The van der Waals surface area contributed by atoms with Crippen molar-refractivity contribution in [3.63, 3.8) is 0 Å². The Labute approximate surface area is 85.0 Å². The fraction of sp³-hybridized carbons (Fsp3) is 0.636. The number of aromatic nitrogens is 2. The van der Waals surface area contributed by atoms with Gasteiger partial charge in [-0.1, -0.05) is 6.42 Å². The summed E-state index contributed by atoms with van der Waals surface area (Å²) in [6.07, 6.45) is 5.95. The molecule has 0 atom stereocenters. The SMILES string of the molecule is Cc1ncc(NCC2CCC2)nc1C. The van der Waals surface area contributed by atoms with E-state index in [0.717, 1.165) is 29.7 Å². The Hall–Kier alpha value is -1.12. The molecule has 3 nitrogen and oxygen atoms in total. The summed E-state index contributed by atoms with van der Waals surface area (Å²) in [6.45, 7) is 5.03. The van der Waals surface area contributed by atoms with Crippen LogP contribution in [0.2, 0.25) is 0 Å². The molecule has 0 aliphatic heterocycles. The van der Waals surface area contributed by atoms with Crippen LogP contribution in [0.15, 0.2) is 6.20 Å². The second-order valence-electron chi connectivity index (χ2n) is 4.10. The lowest BCUT2D eigenvalue weighted by Gasteiger charge is -2.25. The summed E-state index contributed by atoms with van der Waals surface area (Å²) < 4.78 is 0. The van der Waals surface area contributed by atoms with Crippen LogP contribution in [-0.4, -0.2) is 16.5 Å². The van der Waals surface area contributed by atoms with Gasteiger partial charge >= 0.3 is 0 Å². The first kappa shape index (κ1) is 9.44. The fourth-order valence-electron chi connectivity index (χ4n) is 1.57. The highest BCUT2D eigenvalue weighted by atomic mass is 15.0. The maximum atomic E-state index is 4.43. The van der Waals surface area contributed by atoms with E-state index < -0.39 is 0 Å². The summed E-state index contributed by atoms with van der Waals surface area (Å²) in [6, 6.07) is 0. The Bertz CT molecular complexity index is 318. The van der Waals surface area contributed by atoms with Crippen molar-refractivity contribution in [1.82, 2.24) is 9.97 Å². The van der Waals surface area contributed by atoms with E-state index in [-0.39, 0.29) is 0 Å². The summed E-state index contributed by atoms with van der Waals surface area (Å²) in [5.41, 5.74) is 2.03. The molecule has 3 heteroatoms. The second kappa shape index (κ2) is 3.95. The van der Waals surface area contributed by atoms with E-state index in [1.54, 1.807) is 0 Å². The molecule has 0 radical (unpaired) electrons. The van der Waals surface area contributed by atoms with E-state index in [9.17, 15) is 0 Å². The molecule has 1 aromatic rings. The summed E-state index contributed by atoms with van der Waals surface area (Å²) >= 11 is 0. The average molecular weight is 191 g/mol. The Balaban J connectivity index is 1.91. The summed E-state index contributed by atoms with van der Waals surface area (Å²) in [5, 5.41) is 3.34. The first-order valence-corrected chi connectivity index (χ1v) is 5.30. The van der Waals surface area contributed by atoms with Crippen LogP contribution in [0, 0.1) is 19.8 Å². The maximum absolute atomic E-state index is 4.43. The molecule has 0 amide bonds. The van der Waals surface area contributed by atoms with Crippen molar-refractivity contribution in [2.24, 2.45) is 5.92 Å². The Morgan fingerprint density at radius 1 is 1.36 bits per heavy atom. The number of nitrogens with one attached hydrogen (secondary N) is 1. The van der Waals surface area contributed by atoms with Crippen molar-refractivity contribution >= 4 is 5.82 Å². The minimum Gasteiger partial charge on any atom is -0.369 e. The molecule has 1 aliphatic rings. The highest BCUT2D eigenvalue weighted by molar-refractivity contribution is 5.33. The molecule has 1 saturated carbocycles. The predicted molar refractivity (Wildman–Crippen MR) is 57.3 cm³/mol. The van der Waals surface area contributed by atoms with Crippen LogP contribution in [0.25, 0.3) is 0 Å². The van der Waals surface area contributed by atoms with E-state index >= 15 is 0 Å². The molecule has 1 heterocycles. The van der Waals surface area contributed by atoms with Gasteiger partial charge in [-0.15, -0.1) is 0 Å². The van der Waals surface area contributed by atoms with E-state index in [1.165, 1.54) is 19.3 Å². The van der Waals surface area contributed by atoms with Gasteiger partial charge in [-0.25, -0.2) is 4.98 Å². The molecule has 0 aromatic carbocycles. The van der Waals surface area contributed by atoms with E-state index in [1.807, 2.05) is 20.0 Å². The van der Waals surface area contributed by atoms with E-state index in [2.05, 4.69) is 15.3 Å². The minimum atomic E-state index is 0.860. The quantitative estimate of drug-likeness (QED) is 0.796. The molecule has 1 fully saturated rings.